The van der Waals surface area contributed by atoms with Crippen LogP contribution in [0.15, 0.2) is 23.1 Å². The van der Waals surface area contributed by atoms with Gasteiger partial charge in [-0.2, -0.15) is 0 Å². The maximum Gasteiger partial charge on any atom is 0.240 e. The van der Waals surface area contributed by atoms with Crippen molar-refractivity contribution in [3.63, 3.8) is 0 Å². The van der Waals surface area contributed by atoms with E-state index in [-0.39, 0.29) is 29.9 Å². The fourth-order valence-corrected chi connectivity index (χ4v) is 3.09. The number of benzene rings is 1. The highest BCUT2D eigenvalue weighted by Gasteiger charge is 2.21. The molecule has 1 aliphatic heterocycles. The van der Waals surface area contributed by atoms with Gasteiger partial charge in [0.05, 0.1) is 17.6 Å². The van der Waals surface area contributed by atoms with Crippen molar-refractivity contribution in [3.8, 4) is 5.75 Å². The zero-order valence-corrected chi connectivity index (χ0v) is 12.1. The number of hydrogen-bond donors (Lipinski definition) is 1. The molecule has 0 spiro atoms. The maximum absolute atomic E-state index is 13.4. The molecule has 0 bridgehead atoms. The second-order valence-electron chi connectivity index (χ2n) is 4.51. The van der Waals surface area contributed by atoms with Crippen LogP contribution in [0.5, 0.6) is 5.75 Å². The molecule has 7 heteroatoms. The lowest BCUT2D eigenvalue weighted by atomic mass is 10.2. The minimum absolute atomic E-state index is 0.0136. The van der Waals surface area contributed by atoms with Gasteiger partial charge in [-0.25, -0.2) is 17.5 Å². The lowest BCUT2D eigenvalue weighted by molar-refractivity contribution is 0.114. The maximum atomic E-state index is 13.4. The standard InChI is InChI=1S/C13H18FNO4S/c1-2-18-13-8-11(5-6-12(13)14)20(16,17)15-9-10-4-3-7-19-10/h5-6,8,10,15H,2-4,7,9H2,1H3/t10-/m0/s1. The lowest BCUT2D eigenvalue weighted by Crippen LogP contribution is -2.31. The number of nitrogens with one attached hydrogen (secondary N) is 1. The van der Waals surface area contributed by atoms with Gasteiger partial charge in [-0.3, -0.25) is 0 Å². The Morgan fingerprint density at radius 3 is 2.95 bits per heavy atom. The molecular weight excluding hydrogens is 285 g/mol. The number of sulfonamides is 1. The quantitative estimate of drug-likeness (QED) is 0.868. The van der Waals surface area contributed by atoms with Crippen molar-refractivity contribution in [1.82, 2.24) is 4.72 Å². The fourth-order valence-electron chi connectivity index (χ4n) is 2.01. The largest absolute Gasteiger partial charge is 0.491 e. The second-order valence-corrected chi connectivity index (χ2v) is 6.28. The Labute approximate surface area is 118 Å². The summed E-state index contributed by atoms with van der Waals surface area (Å²) in [7, 11) is -3.68. The van der Waals surface area contributed by atoms with E-state index >= 15 is 0 Å². The van der Waals surface area contributed by atoms with Crippen molar-refractivity contribution in [1.29, 1.82) is 0 Å². The third-order valence-electron chi connectivity index (χ3n) is 3.04. The third-order valence-corrected chi connectivity index (χ3v) is 4.46. The molecular formula is C13H18FNO4S. The van der Waals surface area contributed by atoms with Crippen LogP contribution in [-0.4, -0.2) is 34.3 Å². The van der Waals surface area contributed by atoms with E-state index in [2.05, 4.69) is 4.72 Å². The Kier molecular flexibility index (Phi) is 4.95. The van der Waals surface area contributed by atoms with E-state index in [1.165, 1.54) is 12.1 Å². The van der Waals surface area contributed by atoms with Crippen molar-refractivity contribution < 1.29 is 22.3 Å². The number of rotatable bonds is 6. The molecule has 20 heavy (non-hydrogen) atoms. The average Bonchev–Trinajstić information content (AvgIpc) is 2.92. The molecule has 1 fully saturated rings. The van der Waals surface area contributed by atoms with E-state index in [0.717, 1.165) is 18.9 Å². The summed E-state index contributed by atoms with van der Waals surface area (Å²) in [5.41, 5.74) is 0. The van der Waals surface area contributed by atoms with Crippen LogP contribution >= 0.6 is 0 Å². The van der Waals surface area contributed by atoms with Crippen molar-refractivity contribution in [2.24, 2.45) is 0 Å². The van der Waals surface area contributed by atoms with Crippen molar-refractivity contribution >= 4 is 10.0 Å². The fraction of sp³-hybridized carbons (Fsp3) is 0.538. The van der Waals surface area contributed by atoms with Crippen LogP contribution in [0.4, 0.5) is 4.39 Å². The molecule has 0 amide bonds. The topological polar surface area (TPSA) is 64.6 Å². The summed E-state index contributed by atoms with van der Waals surface area (Å²) in [5, 5.41) is 0. The Balaban J connectivity index is 2.09. The molecule has 0 aliphatic carbocycles. The predicted molar refractivity (Wildman–Crippen MR) is 71.7 cm³/mol. The lowest BCUT2D eigenvalue weighted by Gasteiger charge is -2.12. The predicted octanol–water partition coefficient (Wildman–Crippen LogP) is 1.68. The normalized spacial score (nSPS) is 19.2. The first kappa shape index (κ1) is 15.2. The summed E-state index contributed by atoms with van der Waals surface area (Å²) in [4.78, 5) is -0.0136. The first-order valence-corrected chi connectivity index (χ1v) is 8.05. The van der Waals surface area contributed by atoms with E-state index in [1.807, 2.05) is 0 Å². The van der Waals surface area contributed by atoms with Gasteiger partial charge < -0.3 is 9.47 Å². The van der Waals surface area contributed by atoms with Gasteiger partial charge in [-0.15, -0.1) is 0 Å². The van der Waals surface area contributed by atoms with Crippen LogP contribution in [0.2, 0.25) is 0 Å². The highest BCUT2D eigenvalue weighted by atomic mass is 32.2. The van der Waals surface area contributed by atoms with Gasteiger partial charge in [0.1, 0.15) is 0 Å². The molecule has 112 valence electrons. The zero-order valence-electron chi connectivity index (χ0n) is 11.3. The highest BCUT2D eigenvalue weighted by Crippen LogP contribution is 2.22. The van der Waals surface area contributed by atoms with Crippen LogP contribution in [0.25, 0.3) is 0 Å². The van der Waals surface area contributed by atoms with Crippen LogP contribution in [0, 0.1) is 5.82 Å². The van der Waals surface area contributed by atoms with Gasteiger partial charge in [0.2, 0.25) is 10.0 Å². The molecule has 1 aliphatic rings. The van der Waals surface area contributed by atoms with Crippen LogP contribution < -0.4 is 9.46 Å². The van der Waals surface area contributed by atoms with Crippen LogP contribution in [0.1, 0.15) is 19.8 Å². The van der Waals surface area contributed by atoms with Gasteiger partial charge in [0.25, 0.3) is 0 Å². The molecule has 2 rings (SSSR count). The minimum atomic E-state index is -3.68. The monoisotopic (exact) mass is 303 g/mol. The number of halogens is 1. The van der Waals surface area contributed by atoms with Gasteiger partial charge in [0.15, 0.2) is 11.6 Å². The summed E-state index contributed by atoms with van der Waals surface area (Å²) in [6, 6.07) is 3.50. The molecule has 0 unspecified atom stereocenters. The third kappa shape index (κ3) is 3.68. The molecule has 5 nitrogen and oxygen atoms in total. The first-order valence-electron chi connectivity index (χ1n) is 6.56. The van der Waals surface area contributed by atoms with E-state index in [1.54, 1.807) is 6.92 Å². The molecule has 1 N–H and O–H groups in total. The summed E-state index contributed by atoms with van der Waals surface area (Å²) >= 11 is 0. The smallest absolute Gasteiger partial charge is 0.240 e. The van der Waals surface area contributed by atoms with Crippen LogP contribution in [-0.2, 0) is 14.8 Å². The van der Waals surface area contributed by atoms with Crippen molar-refractivity contribution in [3.05, 3.63) is 24.0 Å². The molecule has 0 aromatic heterocycles. The molecule has 1 heterocycles. The average molecular weight is 303 g/mol. The summed E-state index contributed by atoms with van der Waals surface area (Å²) < 4.78 is 50.5. The Morgan fingerprint density at radius 1 is 1.50 bits per heavy atom. The highest BCUT2D eigenvalue weighted by molar-refractivity contribution is 7.89. The van der Waals surface area contributed by atoms with E-state index in [9.17, 15) is 12.8 Å². The van der Waals surface area contributed by atoms with Crippen molar-refractivity contribution in [2.75, 3.05) is 19.8 Å². The summed E-state index contributed by atoms with van der Waals surface area (Å²) in [6.07, 6.45) is 1.70. The van der Waals surface area contributed by atoms with Gasteiger partial charge in [0, 0.05) is 19.2 Å². The van der Waals surface area contributed by atoms with E-state index < -0.39 is 15.8 Å². The Morgan fingerprint density at radius 2 is 2.30 bits per heavy atom. The summed E-state index contributed by atoms with van der Waals surface area (Å²) in [6.45, 7) is 2.86. The molecule has 0 saturated carbocycles. The van der Waals surface area contributed by atoms with Gasteiger partial charge in [-0.05, 0) is 31.9 Å². The van der Waals surface area contributed by atoms with Gasteiger partial charge >= 0.3 is 0 Å². The molecule has 1 aromatic carbocycles. The number of hydrogen-bond acceptors (Lipinski definition) is 4. The Bertz CT molecular complexity index is 555. The van der Waals surface area contributed by atoms with Gasteiger partial charge in [-0.1, -0.05) is 0 Å². The summed E-state index contributed by atoms with van der Waals surface area (Å²) in [5.74, 6) is -0.641. The van der Waals surface area contributed by atoms with Crippen LogP contribution in [0.3, 0.4) is 0 Å². The number of ether oxygens (including phenoxy) is 2. The minimum Gasteiger partial charge on any atom is -0.491 e. The van der Waals surface area contributed by atoms with E-state index in [0.29, 0.717) is 6.61 Å². The molecule has 0 radical (unpaired) electrons. The molecule has 1 atom stereocenters. The molecule has 1 aromatic rings. The van der Waals surface area contributed by atoms with Crippen molar-refractivity contribution in [2.45, 2.75) is 30.8 Å². The Hall–Kier alpha value is -1.18. The zero-order chi connectivity index (χ0) is 14.6. The second kappa shape index (κ2) is 6.51. The SMILES string of the molecule is CCOc1cc(S(=O)(=O)NC[C@@H]2CCCO2)ccc1F. The molecule has 1 saturated heterocycles. The van der Waals surface area contributed by atoms with E-state index in [4.69, 9.17) is 9.47 Å². The first-order chi connectivity index (χ1) is 9.53.